The van der Waals surface area contributed by atoms with Crippen molar-refractivity contribution in [1.82, 2.24) is 15.2 Å². The third-order valence-corrected chi connectivity index (χ3v) is 4.84. The first-order chi connectivity index (χ1) is 15.3. The molecule has 0 fully saturated rings. The van der Waals surface area contributed by atoms with Crippen molar-refractivity contribution in [2.45, 2.75) is 40.0 Å². The van der Waals surface area contributed by atoms with E-state index in [-0.39, 0.29) is 23.6 Å². The molecule has 0 spiro atoms. The van der Waals surface area contributed by atoms with Crippen LogP contribution in [0.15, 0.2) is 29.1 Å². The molecule has 0 aliphatic heterocycles. The SMILES string of the molecule is CC(C)CNC(=O)c1c(O)c(C(=O)NCC(=O)O)c(=O)n(-c2ccc(C(C)(C)C)cc2)c1O. The number of carboxylic acid groups (broad SMARTS) is 1. The monoisotopic (exact) mass is 459 g/mol. The van der Waals surface area contributed by atoms with E-state index in [0.29, 0.717) is 0 Å². The normalized spacial score (nSPS) is 11.3. The van der Waals surface area contributed by atoms with Gasteiger partial charge >= 0.3 is 5.97 Å². The van der Waals surface area contributed by atoms with E-state index >= 15 is 0 Å². The summed E-state index contributed by atoms with van der Waals surface area (Å²) in [7, 11) is 0. The van der Waals surface area contributed by atoms with Crippen molar-refractivity contribution in [3.05, 3.63) is 51.3 Å². The molecule has 1 aromatic heterocycles. The van der Waals surface area contributed by atoms with Gasteiger partial charge in [0.2, 0.25) is 5.88 Å². The van der Waals surface area contributed by atoms with Crippen molar-refractivity contribution >= 4 is 17.8 Å². The first kappa shape index (κ1) is 25.4. The number of pyridine rings is 1. The number of benzene rings is 1. The highest BCUT2D eigenvalue weighted by Crippen LogP contribution is 2.31. The molecule has 2 rings (SSSR count). The molecular formula is C23H29N3O7. The Bertz CT molecular complexity index is 1130. The molecule has 178 valence electrons. The minimum absolute atomic E-state index is 0.0485. The van der Waals surface area contributed by atoms with Gasteiger partial charge < -0.3 is 26.0 Å². The van der Waals surface area contributed by atoms with Crippen molar-refractivity contribution in [3.8, 4) is 17.3 Å². The maximum absolute atomic E-state index is 13.1. The van der Waals surface area contributed by atoms with Crippen molar-refractivity contribution in [2.24, 2.45) is 5.92 Å². The Hall–Kier alpha value is -3.82. The van der Waals surface area contributed by atoms with Crippen LogP contribution in [-0.4, -0.2) is 50.8 Å². The van der Waals surface area contributed by atoms with E-state index in [4.69, 9.17) is 5.11 Å². The van der Waals surface area contributed by atoms with Crippen LogP contribution >= 0.6 is 0 Å². The van der Waals surface area contributed by atoms with Gasteiger partial charge in [-0.05, 0) is 29.0 Å². The van der Waals surface area contributed by atoms with Gasteiger partial charge in [0.25, 0.3) is 17.4 Å². The zero-order valence-corrected chi connectivity index (χ0v) is 19.2. The van der Waals surface area contributed by atoms with Crippen LogP contribution in [0, 0.1) is 5.92 Å². The van der Waals surface area contributed by atoms with Gasteiger partial charge in [-0.15, -0.1) is 0 Å². The summed E-state index contributed by atoms with van der Waals surface area (Å²) in [6, 6.07) is 6.54. The lowest BCUT2D eigenvalue weighted by Crippen LogP contribution is -2.37. The Labute approximate surface area is 190 Å². The number of hydrogen-bond donors (Lipinski definition) is 5. The van der Waals surface area contributed by atoms with Gasteiger partial charge in [-0.1, -0.05) is 46.8 Å². The lowest BCUT2D eigenvalue weighted by Gasteiger charge is -2.20. The highest BCUT2D eigenvalue weighted by molar-refractivity contribution is 6.05. The predicted molar refractivity (Wildman–Crippen MR) is 121 cm³/mol. The number of aromatic hydroxyl groups is 2. The van der Waals surface area contributed by atoms with Gasteiger partial charge in [-0.2, -0.15) is 0 Å². The topological polar surface area (TPSA) is 158 Å². The second-order valence-electron chi connectivity index (χ2n) is 9.04. The van der Waals surface area contributed by atoms with E-state index in [1.54, 1.807) is 12.1 Å². The maximum atomic E-state index is 13.1. The van der Waals surface area contributed by atoms with Crippen LogP contribution in [0.2, 0.25) is 0 Å². The quantitative estimate of drug-likeness (QED) is 0.422. The van der Waals surface area contributed by atoms with Crippen LogP contribution < -0.4 is 16.2 Å². The molecule has 0 saturated carbocycles. The number of hydrogen-bond acceptors (Lipinski definition) is 6. The summed E-state index contributed by atoms with van der Waals surface area (Å²) >= 11 is 0. The number of amides is 2. The molecule has 0 unspecified atom stereocenters. The van der Waals surface area contributed by atoms with Crippen molar-refractivity contribution in [2.75, 3.05) is 13.1 Å². The molecule has 2 amide bonds. The standard InChI is InChI=1S/C23H29N3O7/c1-12(2)10-24-19(30)16-18(29)17(20(31)25-11-15(27)28)22(33)26(21(16)32)14-8-6-13(7-9-14)23(3,4)5/h6-9,12,29,32H,10-11H2,1-5H3,(H,24,30)(H,25,31)(H,27,28). The maximum Gasteiger partial charge on any atom is 0.322 e. The lowest BCUT2D eigenvalue weighted by molar-refractivity contribution is -0.135. The van der Waals surface area contributed by atoms with Crippen LogP contribution in [-0.2, 0) is 10.2 Å². The third kappa shape index (κ3) is 5.71. The number of carbonyl (C=O) groups is 3. The molecule has 0 saturated heterocycles. The van der Waals surface area contributed by atoms with E-state index in [1.807, 2.05) is 39.9 Å². The second-order valence-corrected chi connectivity index (χ2v) is 9.04. The average Bonchev–Trinajstić information content (AvgIpc) is 2.70. The zero-order chi connectivity index (χ0) is 25.1. The van der Waals surface area contributed by atoms with Gasteiger partial charge in [-0.25, -0.2) is 4.57 Å². The van der Waals surface area contributed by atoms with E-state index in [9.17, 15) is 29.4 Å². The van der Waals surface area contributed by atoms with Crippen LogP contribution in [0.3, 0.4) is 0 Å². The highest BCUT2D eigenvalue weighted by Gasteiger charge is 2.30. The predicted octanol–water partition coefficient (Wildman–Crippen LogP) is 1.75. The van der Waals surface area contributed by atoms with Crippen molar-refractivity contribution in [1.29, 1.82) is 0 Å². The smallest absolute Gasteiger partial charge is 0.322 e. The molecule has 0 aliphatic rings. The van der Waals surface area contributed by atoms with Gasteiger partial charge in [-0.3, -0.25) is 19.2 Å². The number of aromatic nitrogens is 1. The van der Waals surface area contributed by atoms with E-state index in [0.717, 1.165) is 10.1 Å². The summed E-state index contributed by atoms with van der Waals surface area (Å²) in [5.41, 5.74) is -1.75. The Morgan fingerprint density at radius 2 is 1.52 bits per heavy atom. The Balaban J connectivity index is 2.75. The molecule has 5 N–H and O–H groups in total. The van der Waals surface area contributed by atoms with Crippen LogP contribution in [0.25, 0.3) is 5.69 Å². The van der Waals surface area contributed by atoms with Gasteiger partial charge in [0, 0.05) is 6.54 Å². The summed E-state index contributed by atoms with van der Waals surface area (Å²) in [4.78, 5) is 49.2. The molecule has 2 aromatic rings. The zero-order valence-electron chi connectivity index (χ0n) is 19.2. The fourth-order valence-corrected chi connectivity index (χ4v) is 3.05. The molecule has 10 nitrogen and oxygen atoms in total. The molecule has 0 radical (unpaired) electrons. The van der Waals surface area contributed by atoms with E-state index < -0.39 is 52.6 Å². The highest BCUT2D eigenvalue weighted by atomic mass is 16.4. The molecule has 10 heteroatoms. The Morgan fingerprint density at radius 1 is 0.970 bits per heavy atom. The molecule has 0 aliphatic carbocycles. The largest absolute Gasteiger partial charge is 0.506 e. The number of carbonyl (C=O) groups excluding carboxylic acids is 2. The fraction of sp³-hybridized carbons (Fsp3) is 0.391. The minimum Gasteiger partial charge on any atom is -0.506 e. The summed E-state index contributed by atoms with van der Waals surface area (Å²) < 4.78 is 0.728. The van der Waals surface area contributed by atoms with Gasteiger partial charge in [0.05, 0.1) is 5.69 Å². The molecule has 0 bridgehead atoms. The van der Waals surface area contributed by atoms with Crippen LogP contribution in [0.4, 0.5) is 0 Å². The first-order valence-corrected chi connectivity index (χ1v) is 10.4. The Kier molecular flexibility index (Phi) is 7.53. The summed E-state index contributed by atoms with van der Waals surface area (Å²) in [5.74, 6) is -5.30. The van der Waals surface area contributed by atoms with E-state index in [2.05, 4.69) is 5.32 Å². The van der Waals surface area contributed by atoms with Crippen molar-refractivity contribution in [3.63, 3.8) is 0 Å². The molecule has 1 heterocycles. The Morgan fingerprint density at radius 3 is 2.00 bits per heavy atom. The third-order valence-electron chi connectivity index (χ3n) is 4.84. The van der Waals surface area contributed by atoms with Crippen LogP contribution in [0.5, 0.6) is 11.6 Å². The number of carboxylic acids is 1. The summed E-state index contributed by atoms with van der Waals surface area (Å²) in [6.45, 7) is 9.05. The number of nitrogens with one attached hydrogen (secondary N) is 2. The lowest BCUT2D eigenvalue weighted by atomic mass is 9.87. The minimum atomic E-state index is -1.37. The van der Waals surface area contributed by atoms with Gasteiger partial charge in [0.1, 0.15) is 17.7 Å². The number of aliphatic carboxylic acids is 1. The van der Waals surface area contributed by atoms with E-state index in [1.165, 1.54) is 12.1 Å². The first-order valence-electron chi connectivity index (χ1n) is 10.4. The van der Waals surface area contributed by atoms with Crippen molar-refractivity contribution < 1.29 is 29.7 Å². The average molecular weight is 459 g/mol. The second kappa shape index (κ2) is 9.76. The molecule has 33 heavy (non-hydrogen) atoms. The number of nitrogens with zero attached hydrogens (tertiary/aromatic N) is 1. The summed E-state index contributed by atoms with van der Waals surface area (Å²) in [5, 5.41) is 34.7. The van der Waals surface area contributed by atoms with Crippen LogP contribution in [0.1, 0.15) is 60.9 Å². The summed E-state index contributed by atoms with van der Waals surface area (Å²) in [6.07, 6.45) is 0. The fourth-order valence-electron chi connectivity index (χ4n) is 3.05. The molecular weight excluding hydrogens is 430 g/mol. The van der Waals surface area contributed by atoms with Gasteiger partial charge in [0.15, 0.2) is 5.75 Å². The number of rotatable bonds is 7. The molecule has 1 aromatic carbocycles. The molecule has 0 atom stereocenters.